The molecule has 2 aliphatic rings. The second-order valence-electron chi connectivity index (χ2n) is 7.19. The molecule has 2 rings (SSSR count). The van der Waals surface area contributed by atoms with Gasteiger partial charge in [0.25, 0.3) is 0 Å². The number of hydrogen-bond acceptors (Lipinski definition) is 2. The number of nitrogens with two attached hydrogens (primary N) is 1. The first-order valence-corrected chi connectivity index (χ1v) is 7.44. The fraction of sp³-hybridized carbons (Fsp3) is 0.933. The van der Waals surface area contributed by atoms with Crippen LogP contribution in [-0.2, 0) is 4.79 Å². The van der Waals surface area contributed by atoms with Crippen LogP contribution in [0.5, 0.6) is 0 Å². The molecule has 104 valence electrons. The minimum atomic E-state index is 0.0949. The van der Waals surface area contributed by atoms with Gasteiger partial charge in [-0.2, -0.15) is 0 Å². The Kier molecular flexibility index (Phi) is 4.00. The molecule has 0 aromatic carbocycles. The molecule has 2 fully saturated rings. The average Bonchev–Trinajstić information content (AvgIpc) is 2.77. The first-order chi connectivity index (χ1) is 8.39. The molecule has 0 bridgehead atoms. The van der Waals surface area contributed by atoms with Crippen molar-refractivity contribution in [3.05, 3.63) is 0 Å². The molecule has 1 amide bonds. The van der Waals surface area contributed by atoms with Crippen molar-refractivity contribution < 1.29 is 4.79 Å². The monoisotopic (exact) mass is 252 g/mol. The third-order valence-electron chi connectivity index (χ3n) is 4.86. The quantitative estimate of drug-likeness (QED) is 0.779. The third-order valence-corrected chi connectivity index (χ3v) is 4.86. The Labute approximate surface area is 111 Å². The molecule has 18 heavy (non-hydrogen) atoms. The van der Waals surface area contributed by atoms with Gasteiger partial charge in [0, 0.05) is 19.1 Å². The second-order valence-corrected chi connectivity index (χ2v) is 7.19. The maximum absolute atomic E-state index is 12.5. The predicted molar refractivity (Wildman–Crippen MR) is 74.1 cm³/mol. The summed E-state index contributed by atoms with van der Waals surface area (Å²) in [6.45, 7) is 8.70. The van der Waals surface area contributed by atoms with Crippen molar-refractivity contribution in [1.82, 2.24) is 4.90 Å². The minimum Gasteiger partial charge on any atom is -0.342 e. The van der Waals surface area contributed by atoms with Crippen LogP contribution in [-0.4, -0.2) is 29.9 Å². The van der Waals surface area contributed by atoms with E-state index in [1.165, 1.54) is 12.8 Å². The van der Waals surface area contributed by atoms with Gasteiger partial charge in [-0.25, -0.2) is 0 Å². The van der Waals surface area contributed by atoms with Gasteiger partial charge in [0.05, 0.1) is 5.92 Å². The van der Waals surface area contributed by atoms with Gasteiger partial charge in [0.1, 0.15) is 0 Å². The fourth-order valence-electron chi connectivity index (χ4n) is 3.37. The summed E-state index contributed by atoms with van der Waals surface area (Å²) < 4.78 is 0. The molecule has 3 atom stereocenters. The lowest BCUT2D eigenvalue weighted by Crippen LogP contribution is -2.45. The van der Waals surface area contributed by atoms with E-state index in [1.807, 2.05) is 0 Å². The molecule has 0 aromatic heterocycles. The molecule has 2 N–H and O–H groups in total. The SMILES string of the molecule is CC(C)(C)C1CCN(C(=O)C2CCCCC2N)C1. The van der Waals surface area contributed by atoms with E-state index >= 15 is 0 Å². The van der Waals surface area contributed by atoms with Gasteiger partial charge in [-0.1, -0.05) is 33.6 Å². The van der Waals surface area contributed by atoms with Gasteiger partial charge in [0.15, 0.2) is 0 Å². The summed E-state index contributed by atoms with van der Waals surface area (Å²) in [5.74, 6) is 1.06. The maximum Gasteiger partial charge on any atom is 0.227 e. The van der Waals surface area contributed by atoms with E-state index in [9.17, 15) is 4.79 Å². The van der Waals surface area contributed by atoms with Crippen LogP contribution < -0.4 is 5.73 Å². The van der Waals surface area contributed by atoms with Crippen LogP contribution in [0.15, 0.2) is 0 Å². The van der Waals surface area contributed by atoms with Crippen molar-refractivity contribution in [2.24, 2.45) is 23.0 Å². The lowest BCUT2D eigenvalue weighted by atomic mass is 9.80. The molecule has 0 aromatic rings. The Morgan fingerprint density at radius 1 is 1.17 bits per heavy atom. The van der Waals surface area contributed by atoms with Crippen molar-refractivity contribution in [2.45, 2.75) is 58.9 Å². The average molecular weight is 252 g/mol. The number of hydrogen-bond donors (Lipinski definition) is 1. The summed E-state index contributed by atoms with van der Waals surface area (Å²) in [5.41, 5.74) is 6.43. The van der Waals surface area contributed by atoms with E-state index in [1.54, 1.807) is 0 Å². The summed E-state index contributed by atoms with van der Waals surface area (Å²) in [5, 5.41) is 0. The molecule has 0 radical (unpaired) electrons. The van der Waals surface area contributed by atoms with Gasteiger partial charge in [-0.15, -0.1) is 0 Å². The number of carbonyl (C=O) groups is 1. The Hall–Kier alpha value is -0.570. The van der Waals surface area contributed by atoms with Crippen LogP contribution in [0.3, 0.4) is 0 Å². The highest BCUT2D eigenvalue weighted by Crippen LogP contribution is 2.35. The molecular formula is C15H28N2O. The van der Waals surface area contributed by atoms with E-state index in [0.717, 1.165) is 32.4 Å². The molecule has 1 saturated carbocycles. The molecule has 3 unspecified atom stereocenters. The number of likely N-dealkylation sites (tertiary alicyclic amines) is 1. The lowest BCUT2D eigenvalue weighted by Gasteiger charge is -2.32. The lowest BCUT2D eigenvalue weighted by molar-refractivity contribution is -0.136. The molecule has 1 aliphatic carbocycles. The van der Waals surface area contributed by atoms with Crippen LogP contribution in [0.4, 0.5) is 0 Å². The van der Waals surface area contributed by atoms with Gasteiger partial charge in [0.2, 0.25) is 5.91 Å². The van der Waals surface area contributed by atoms with Crippen LogP contribution in [0.25, 0.3) is 0 Å². The number of rotatable bonds is 1. The topological polar surface area (TPSA) is 46.3 Å². The Bertz CT molecular complexity index is 308. The Morgan fingerprint density at radius 2 is 1.83 bits per heavy atom. The summed E-state index contributed by atoms with van der Waals surface area (Å²) in [7, 11) is 0. The summed E-state index contributed by atoms with van der Waals surface area (Å²) in [6, 6.07) is 0.0972. The van der Waals surface area contributed by atoms with E-state index in [4.69, 9.17) is 5.73 Å². The molecule has 0 spiro atoms. The normalized spacial score (nSPS) is 33.8. The van der Waals surface area contributed by atoms with Crippen LogP contribution in [0.2, 0.25) is 0 Å². The zero-order valence-electron chi connectivity index (χ0n) is 12.1. The molecule has 1 aliphatic heterocycles. The molecule has 3 heteroatoms. The molecular weight excluding hydrogens is 224 g/mol. The predicted octanol–water partition coefficient (Wildman–Crippen LogP) is 2.40. The highest BCUT2D eigenvalue weighted by atomic mass is 16.2. The molecule has 1 heterocycles. The van der Waals surface area contributed by atoms with E-state index in [-0.39, 0.29) is 12.0 Å². The second kappa shape index (κ2) is 5.20. The van der Waals surface area contributed by atoms with E-state index < -0.39 is 0 Å². The van der Waals surface area contributed by atoms with Crippen molar-refractivity contribution in [3.63, 3.8) is 0 Å². The van der Waals surface area contributed by atoms with Gasteiger partial charge < -0.3 is 10.6 Å². The Balaban J connectivity index is 1.94. The zero-order valence-corrected chi connectivity index (χ0v) is 12.1. The Morgan fingerprint density at radius 3 is 2.39 bits per heavy atom. The highest BCUT2D eigenvalue weighted by molar-refractivity contribution is 5.80. The minimum absolute atomic E-state index is 0.0949. The smallest absolute Gasteiger partial charge is 0.227 e. The summed E-state index contributed by atoms with van der Waals surface area (Å²) >= 11 is 0. The van der Waals surface area contributed by atoms with Gasteiger partial charge in [-0.3, -0.25) is 4.79 Å². The third kappa shape index (κ3) is 2.87. The van der Waals surface area contributed by atoms with Crippen molar-refractivity contribution >= 4 is 5.91 Å². The van der Waals surface area contributed by atoms with Gasteiger partial charge >= 0.3 is 0 Å². The van der Waals surface area contributed by atoms with Gasteiger partial charge in [-0.05, 0) is 30.6 Å². The van der Waals surface area contributed by atoms with E-state index in [2.05, 4.69) is 25.7 Å². The highest BCUT2D eigenvalue weighted by Gasteiger charge is 2.38. The van der Waals surface area contributed by atoms with Crippen molar-refractivity contribution in [2.75, 3.05) is 13.1 Å². The van der Waals surface area contributed by atoms with Crippen LogP contribution in [0, 0.1) is 17.3 Å². The van der Waals surface area contributed by atoms with Crippen molar-refractivity contribution in [3.8, 4) is 0 Å². The first-order valence-electron chi connectivity index (χ1n) is 7.44. The fourth-order valence-corrected chi connectivity index (χ4v) is 3.37. The first kappa shape index (κ1) is 13.9. The van der Waals surface area contributed by atoms with Crippen molar-refractivity contribution in [1.29, 1.82) is 0 Å². The summed E-state index contributed by atoms with van der Waals surface area (Å²) in [4.78, 5) is 14.6. The standard InChI is InChI=1S/C15H28N2O/c1-15(2,3)11-8-9-17(10-11)14(18)12-6-4-5-7-13(12)16/h11-13H,4-10,16H2,1-3H3. The molecule has 3 nitrogen and oxygen atoms in total. The van der Waals surface area contributed by atoms with E-state index in [0.29, 0.717) is 17.2 Å². The number of carbonyl (C=O) groups excluding carboxylic acids is 1. The number of nitrogens with zero attached hydrogens (tertiary/aromatic N) is 1. The maximum atomic E-state index is 12.5. The van der Waals surface area contributed by atoms with Crippen LogP contribution >= 0.6 is 0 Å². The summed E-state index contributed by atoms with van der Waals surface area (Å²) in [6.07, 6.45) is 5.52. The zero-order chi connectivity index (χ0) is 13.3. The number of amides is 1. The van der Waals surface area contributed by atoms with Crippen LogP contribution in [0.1, 0.15) is 52.9 Å². The largest absolute Gasteiger partial charge is 0.342 e. The molecule has 1 saturated heterocycles.